The van der Waals surface area contributed by atoms with E-state index in [1.807, 2.05) is 24.0 Å². The van der Waals surface area contributed by atoms with Gasteiger partial charge in [0.15, 0.2) is 5.96 Å². The van der Waals surface area contributed by atoms with Gasteiger partial charge in [0.05, 0.1) is 31.5 Å². The first-order chi connectivity index (χ1) is 13.4. The number of hydrogen-bond donors (Lipinski definition) is 2. The number of nitrogens with one attached hydrogen (secondary N) is 1. The van der Waals surface area contributed by atoms with E-state index in [0.29, 0.717) is 42.0 Å². The van der Waals surface area contributed by atoms with Crippen molar-refractivity contribution in [3.8, 4) is 0 Å². The lowest BCUT2D eigenvalue weighted by Crippen LogP contribution is -2.36. The van der Waals surface area contributed by atoms with Crippen molar-refractivity contribution in [1.29, 1.82) is 0 Å². The molecule has 1 fully saturated rings. The van der Waals surface area contributed by atoms with Crippen molar-refractivity contribution >= 4 is 34.8 Å². The topological polar surface area (TPSA) is 62.9 Å². The van der Waals surface area contributed by atoms with E-state index in [4.69, 9.17) is 33.7 Å². The zero-order chi connectivity index (χ0) is 20.1. The summed E-state index contributed by atoms with van der Waals surface area (Å²) < 4.78 is 19.8. The lowest BCUT2D eigenvalue weighted by Gasteiger charge is -2.29. The Kier molecular flexibility index (Phi) is 6.99. The highest BCUT2D eigenvalue weighted by Gasteiger charge is 2.15. The predicted octanol–water partition coefficient (Wildman–Crippen LogP) is 4.13. The lowest BCUT2D eigenvalue weighted by atomic mass is 10.1. The Balaban J connectivity index is 1.61. The van der Waals surface area contributed by atoms with E-state index in [9.17, 15) is 4.39 Å². The summed E-state index contributed by atoms with van der Waals surface area (Å²) in [5, 5.41) is 4.22. The van der Waals surface area contributed by atoms with Crippen LogP contribution in [-0.4, -0.2) is 32.3 Å². The average molecular weight is 425 g/mol. The van der Waals surface area contributed by atoms with Gasteiger partial charge in [0.25, 0.3) is 0 Å². The van der Waals surface area contributed by atoms with E-state index in [1.54, 1.807) is 18.2 Å². The van der Waals surface area contributed by atoms with Gasteiger partial charge in [-0.1, -0.05) is 35.3 Å². The van der Waals surface area contributed by atoms with Crippen LogP contribution >= 0.6 is 23.2 Å². The molecule has 1 saturated heterocycles. The van der Waals surface area contributed by atoms with Crippen molar-refractivity contribution in [2.45, 2.75) is 19.5 Å². The molecule has 0 saturated carbocycles. The van der Waals surface area contributed by atoms with E-state index < -0.39 is 0 Å². The molecule has 1 atom stereocenters. The third kappa shape index (κ3) is 5.28. The quantitative estimate of drug-likeness (QED) is 0.559. The Labute approximate surface area is 174 Å². The Morgan fingerprint density at radius 2 is 2.00 bits per heavy atom. The number of aliphatic imine (C=N–C) groups is 1. The Bertz CT molecular complexity index is 856. The number of guanidine groups is 1. The van der Waals surface area contributed by atoms with Gasteiger partial charge >= 0.3 is 0 Å². The van der Waals surface area contributed by atoms with Crippen LogP contribution in [0.2, 0.25) is 10.0 Å². The van der Waals surface area contributed by atoms with Crippen LogP contribution in [0.3, 0.4) is 0 Å². The zero-order valence-electron chi connectivity index (χ0n) is 15.6. The van der Waals surface area contributed by atoms with E-state index in [-0.39, 0.29) is 24.4 Å². The molecule has 2 aromatic carbocycles. The number of halogens is 3. The Morgan fingerprint density at radius 1 is 1.25 bits per heavy atom. The SMILES string of the molecule is CC(NC(N)=NCc1ccc(N2CCOCC2)c(F)c1)c1ccc(Cl)cc1Cl. The molecule has 150 valence electrons. The van der Waals surface area contributed by atoms with Crippen molar-refractivity contribution in [1.82, 2.24) is 5.32 Å². The molecule has 1 unspecified atom stereocenters. The first-order valence-corrected chi connectivity index (χ1v) is 9.82. The van der Waals surface area contributed by atoms with Crippen LogP contribution in [0.4, 0.5) is 10.1 Å². The first-order valence-electron chi connectivity index (χ1n) is 9.06. The van der Waals surface area contributed by atoms with Crippen molar-refractivity contribution in [3.63, 3.8) is 0 Å². The summed E-state index contributed by atoms with van der Waals surface area (Å²) in [5.74, 6) is -0.00127. The first kappa shape index (κ1) is 20.7. The smallest absolute Gasteiger partial charge is 0.189 e. The van der Waals surface area contributed by atoms with Crippen LogP contribution in [0, 0.1) is 5.82 Å². The standard InChI is InChI=1S/C20H23Cl2FN4O/c1-13(16-4-3-15(21)11-17(16)22)26-20(24)25-12-14-2-5-19(18(23)10-14)27-6-8-28-9-7-27/h2-5,10-11,13H,6-9,12H2,1H3,(H3,24,25,26). The molecule has 1 heterocycles. The third-order valence-electron chi connectivity index (χ3n) is 4.59. The molecule has 2 aromatic rings. The van der Waals surface area contributed by atoms with Gasteiger partial charge in [-0.2, -0.15) is 0 Å². The van der Waals surface area contributed by atoms with Crippen molar-refractivity contribution in [2.75, 3.05) is 31.2 Å². The molecule has 0 aromatic heterocycles. The molecule has 1 aliphatic rings. The Morgan fingerprint density at radius 3 is 2.68 bits per heavy atom. The van der Waals surface area contributed by atoms with Crippen LogP contribution in [0.25, 0.3) is 0 Å². The minimum absolute atomic E-state index is 0.144. The van der Waals surface area contributed by atoms with E-state index in [1.165, 1.54) is 6.07 Å². The summed E-state index contributed by atoms with van der Waals surface area (Å²) in [6.45, 7) is 4.81. The van der Waals surface area contributed by atoms with Crippen molar-refractivity contribution in [2.24, 2.45) is 10.7 Å². The summed E-state index contributed by atoms with van der Waals surface area (Å²) in [4.78, 5) is 6.29. The fraction of sp³-hybridized carbons (Fsp3) is 0.350. The normalized spacial score (nSPS) is 16.1. The summed E-state index contributed by atoms with van der Waals surface area (Å²) in [6, 6.07) is 10.3. The molecular weight excluding hydrogens is 402 g/mol. The monoisotopic (exact) mass is 424 g/mol. The molecule has 3 N–H and O–H groups in total. The fourth-order valence-electron chi connectivity index (χ4n) is 3.08. The summed E-state index contributed by atoms with van der Waals surface area (Å²) in [7, 11) is 0. The van der Waals surface area contributed by atoms with Crippen molar-refractivity contribution < 1.29 is 9.13 Å². The molecule has 0 spiro atoms. The minimum atomic E-state index is -0.262. The number of rotatable bonds is 5. The van der Waals surface area contributed by atoms with Gasteiger partial charge in [0.2, 0.25) is 0 Å². The average Bonchev–Trinajstić information content (AvgIpc) is 2.67. The molecule has 1 aliphatic heterocycles. The van der Waals surface area contributed by atoms with Gasteiger partial charge < -0.3 is 20.7 Å². The maximum absolute atomic E-state index is 14.5. The summed E-state index contributed by atoms with van der Waals surface area (Å²) in [5.41, 5.74) is 8.18. The molecule has 3 rings (SSSR count). The number of anilines is 1. The molecule has 5 nitrogen and oxygen atoms in total. The molecule has 0 amide bonds. The van der Waals surface area contributed by atoms with E-state index in [2.05, 4.69) is 10.3 Å². The number of benzene rings is 2. The Hall–Kier alpha value is -2.02. The van der Waals surface area contributed by atoms with Crippen LogP contribution in [0.5, 0.6) is 0 Å². The highest BCUT2D eigenvalue weighted by Crippen LogP contribution is 2.26. The number of ether oxygens (including phenoxy) is 1. The second-order valence-electron chi connectivity index (χ2n) is 6.62. The molecule has 0 radical (unpaired) electrons. The van der Waals surface area contributed by atoms with Crippen LogP contribution in [-0.2, 0) is 11.3 Å². The summed E-state index contributed by atoms with van der Waals surface area (Å²) >= 11 is 12.1. The summed E-state index contributed by atoms with van der Waals surface area (Å²) in [6.07, 6.45) is 0. The second kappa shape index (κ2) is 9.45. The number of nitrogens with zero attached hydrogens (tertiary/aromatic N) is 2. The molecule has 0 bridgehead atoms. The number of morpholine rings is 1. The highest BCUT2D eigenvalue weighted by atomic mass is 35.5. The lowest BCUT2D eigenvalue weighted by molar-refractivity contribution is 0.122. The van der Waals surface area contributed by atoms with Gasteiger partial charge in [0.1, 0.15) is 5.82 Å². The largest absolute Gasteiger partial charge is 0.378 e. The van der Waals surface area contributed by atoms with Crippen LogP contribution in [0.15, 0.2) is 41.4 Å². The van der Waals surface area contributed by atoms with Gasteiger partial charge in [-0.05, 0) is 42.3 Å². The van der Waals surface area contributed by atoms with Gasteiger partial charge in [0, 0.05) is 23.1 Å². The van der Waals surface area contributed by atoms with Crippen LogP contribution < -0.4 is 16.0 Å². The highest BCUT2D eigenvalue weighted by molar-refractivity contribution is 6.35. The van der Waals surface area contributed by atoms with Crippen molar-refractivity contribution in [3.05, 3.63) is 63.4 Å². The van der Waals surface area contributed by atoms with E-state index in [0.717, 1.165) is 11.1 Å². The molecule has 8 heteroatoms. The fourth-order valence-corrected chi connectivity index (χ4v) is 3.66. The second-order valence-corrected chi connectivity index (χ2v) is 7.46. The minimum Gasteiger partial charge on any atom is -0.378 e. The van der Waals surface area contributed by atoms with Crippen LogP contribution in [0.1, 0.15) is 24.1 Å². The van der Waals surface area contributed by atoms with E-state index >= 15 is 0 Å². The maximum Gasteiger partial charge on any atom is 0.189 e. The number of hydrogen-bond acceptors (Lipinski definition) is 3. The van der Waals surface area contributed by atoms with Gasteiger partial charge in [-0.15, -0.1) is 0 Å². The van der Waals surface area contributed by atoms with Gasteiger partial charge in [-0.3, -0.25) is 0 Å². The third-order valence-corrected chi connectivity index (χ3v) is 5.15. The maximum atomic E-state index is 14.5. The van der Waals surface area contributed by atoms with Gasteiger partial charge in [-0.25, -0.2) is 9.38 Å². The molecular formula is C20H23Cl2FN4O. The predicted molar refractivity (Wildman–Crippen MR) is 113 cm³/mol. The zero-order valence-corrected chi connectivity index (χ0v) is 17.1. The molecule has 28 heavy (non-hydrogen) atoms. The number of nitrogens with two attached hydrogens (primary N) is 1. The molecule has 0 aliphatic carbocycles.